The second-order valence-electron chi connectivity index (χ2n) is 3.49. The fraction of sp³-hybridized carbons (Fsp3) is 0.333. The van der Waals surface area contributed by atoms with E-state index in [2.05, 4.69) is 46.6 Å². The van der Waals surface area contributed by atoms with Crippen molar-refractivity contribution >= 4 is 22.7 Å². The Morgan fingerprint density at radius 1 is 1.33 bits per heavy atom. The molecular formula is C12H15NS2. The molecule has 0 bridgehead atoms. The van der Waals surface area contributed by atoms with Crippen LogP contribution in [0.25, 0.3) is 0 Å². The zero-order valence-corrected chi connectivity index (χ0v) is 10.4. The van der Waals surface area contributed by atoms with Gasteiger partial charge >= 0.3 is 0 Å². The van der Waals surface area contributed by atoms with Crippen molar-refractivity contribution in [2.24, 2.45) is 0 Å². The highest BCUT2D eigenvalue weighted by Crippen LogP contribution is 2.22. The van der Waals surface area contributed by atoms with E-state index >= 15 is 0 Å². The maximum Gasteiger partial charge on any atom is 0.0414 e. The Bertz CT molecular complexity index is 364. The van der Waals surface area contributed by atoms with E-state index in [1.54, 1.807) is 11.3 Å². The third-order valence-corrected chi connectivity index (χ3v) is 4.15. The van der Waals surface area contributed by atoms with Gasteiger partial charge < -0.3 is 5.32 Å². The molecule has 2 rings (SSSR count). The second kappa shape index (κ2) is 5.45. The van der Waals surface area contributed by atoms with Gasteiger partial charge in [-0.1, -0.05) is 13.0 Å². The number of rotatable bonds is 5. The van der Waals surface area contributed by atoms with E-state index < -0.39 is 0 Å². The largest absolute Gasteiger partial charge is 0.305 e. The van der Waals surface area contributed by atoms with Gasteiger partial charge in [0.05, 0.1) is 0 Å². The summed E-state index contributed by atoms with van der Waals surface area (Å²) in [5, 5.41) is 10.1. The van der Waals surface area contributed by atoms with Crippen LogP contribution in [-0.2, 0) is 6.54 Å². The highest BCUT2D eigenvalue weighted by molar-refractivity contribution is 7.10. The SMILES string of the molecule is CCC(NCc1ccsc1)c1cccs1. The summed E-state index contributed by atoms with van der Waals surface area (Å²) in [5.74, 6) is 0. The molecule has 0 spiro atoms. The maximum atomic E-state index is 3.59. The third kappa shape index (κ3) is 2.91. The van der Waals surface area contributed by atoms with Crippen molar-refractivity contribution in [2.45, 2.75) is 25.9 Å². The van der Waals surface area contributed by atoms with Crippen molar-refractivity contribution in [1.82, 2.24) is 5.32 Å². The first-order chi connectivity index (χ1) is 7.40. The smallest absolute Gasteiger partial charge is 0.0414 e. The summed E-state index contributed by atoms with van der Waals surface area (Å²) in [7, 11) is 0. The zero-order valence-electron chi connectivity index (χ0n) is 8.77. The lowest BCUT2D eigenvalue weighted by Gasteiger charge is -2.14. The van der Waals surface area contributed by atoms with Gasteiger partial charge in [-0.3, -0.25) is 0 Å². The van der Waals surface area contributed by atoms with Gasteiger partial charge in [0.2, 0.25) is 0 Å². The summed E-state index contributed by atoms with van der Waals surface area (Å²) in [6, 6.07) is 7.01. The van der Waals surface area contributed by atoms with Gasteiger partial charge in [0.15, 0.2) is 0 Å². The molecule has 0 aliphatic carbocycles. The number of thiophene rings is 2. The van der Waals surface area contributed by atoms with Crippen molar-refractivity contribution in [3.8, 4) is 0 Å². The van der Waals surface area contributed by atoms with E-state index in [-0.39, 0.29) is 0 Å². The number of nitrogens with one attached hydrogen (secondary N) is 1. The van der Waals surface area contributed by atoms with Crippen LogP contribution in [0, 0.1) is 0 Å². The Labute approximate surface area is 98.8 Å². The van der Waals surface area contributed by atoms with Crippen LogP contribution in [0.3, 0.4) is 0 Å². The molecule has 0 aliphatic heterocycles. The van der Waals surface area contributed by atoms with E-state index in [9.17, 15) is 0 Å². The Kier molecular flexibility index (Phi) is 3.94. The fourth-order valence-corrected chi connectivity index (χ4v) is 3.12. The summed E-state index contributed by atoms with van der Waals surface area (Å²) < 4.78 is 0. The molecule has 2 aromatic rings. The first-order valence-electron chi connectivity index (χ1n) is 5.18. The quantitative estimate of drug-likeness (QED) is 0.827. The minimum atomic E-state index is 0.505. The lowest BCUT2D eigenvalue weighted by atomic mass is 10.2. The summed E-state index contributed by atoms with van der Waals surface area (Å²) in [4.78, 5) is 1.44. The second-order valence-corrected chi connectivity index (χ2v) is 5.25. The first-order valence-corrected chi connectivity index (χ1v) is 7.00. The molecule has 3 heteroatoms. The van der Waals surface area contributed by atoms with Crippen molar-refractivity contribution in [1.29, 1.82) is 0 Å². The van der Waals surface area contributed by atoms with Gasteiger partial charge in [-0.25, -0.2) is 0 Å². The van der Waals surface area contributed by atoms with Gasteiger partial charge in [0, 0.05) is 17.5 Å². The van der Waals surface area contributed by atoms with Crippen LogP contribution >= 0.6 is 22.7 Å². The molecule has 0 amide bonds. The average Bonchev–Trinajstić information content (AvgIpc) is 2.90. The predicted octanol–water partition coefficient (Wildman–Crippen LogP) is 4.05. The molecule has 0 aliphatic rings. The van der Waals surface area contributed by atoms with Gasteiger partial charge in [0.1, 0.15) is 0 Å². The lowest BCUT2D eigenvalue weighted by molar-refractivity contribution is 0.527. The van der Waals surface area contributed by atoms with Crippen LogP contribution in [0.15, 0.2) is 34.3 Å². The van der Waals surface area contributed by atoms with E-state index in [4.69, 9.17) is 0 Å². The Hall–Kier alpha value is -0.640. The molecule has 1 atom stereocenters. The first kappa shape index (κ1) is 10.9. The summed E-state index contributed by atoms with van der Waals surface area (Å²) in [5.41, 5.74) is 1.38. The molecule has 1 unspecified atom stereocenters. The Morgan fingerprint density at radius 3 is 2.87 bits per heavy atom. The van der Waals surface area contributed by atoms with Crippen LogP contribution in [0.5, 0.6) is 0 Å². The molecule has 0 fully saturated rings. The summed E-state index contributed by atoms with van der Waals surface area (Å²) in [6.45, 7) is 3.20. The standard InChI is InChI=1S/C12H15NS2/c1-2-11(12-4-3-6-15-12)13-8-10-5-7-14-9-10/h3-7,9,11,13H,2,8H2,1H3. The molecule has 0 aromatic carbocycles. The van der Waals surface area contributed by atoms with Crippen molar-refractivity contribution in [3.63, 3.8) is 0 Å². The van der Waals surface area contributed by atoms with Crippen LogP contribution in [0.4, 0.5) is 0 Å². The lowest BCUT2D eigenvalue weighted by Crippen LogP contribution is -2.18. The fourth-order valence-electron chi connectivity index (χ4n) is 1.57. The number of hydrogen-bond acceptors (Lipinski definition) is 3. The third-order valence-electron chi connectivity index (χ3n) is 2.43. The van der Waals surface area contributed by atoms with Gasteiger partial charge in [-0.05, 0) is 40.3 Å². The van der Waals surface area contributed by atoms with Crippen molar-refractivity contribution < 1.29 is 0 Å². The van der Waals surface area contributed by atoms with Crippen molar-refractivity contribution in [2.75, 3.05) is 0 Å². The molecule has 1 N–H and O–H groups in total. The topological polar surface area (TPSA) is 12.0 Å². The van der Waals surface area contributed by atoms with Crippen LogP contribution in [-0.4, -0.2) is 0 Å². The van der Waals surface area contributed by atoms with Gasteiger partial charge in [0.25, 0.3) is 0 Å². The van der Waals surface area contributed by atoms with Crippen molar-refractivity contribution in [3.05, 3.63) is 44.8 Å². The molecule has 2 heterocycles. The molecule has 0 radical (unpaired) electrons. The molecule has 1 nitrogen and oxygen atoms in total. The highest BCUT2D eigenvalue weighted by Gasteiger charge is 2.08. The normalized spacial score (nSPS) is 12.9. The number of hydrogen-bond donors (Lipinski definition) is 1. The zero-order chi connectivity index (χ0) is 10.5. The molecule has 0 saturated carbocycles. The summed E-state index contributed by atoms with van der Waals surface area (Å²) in [6.07, 6.45) is 1.14. The predicted molar refractivity (Wildman–Crippen MR) is 68.5 cm³/mol. The molecule has 2 aromatic heterocycles. The molecule has 80 valence electrons. The van der Waals surface area contributed by atoms with E-state index in [0.29, 0.717) is 6.04 Å². The highest BCUT2D eigenvalue weighted by atomic mass is 32.1. The van der Waals surface area contributed by atoms with Gasteiger partial charge in [-0.2, -0.15) is 11.3 Å². The molecular weight excluding hydrogens is 222 g/mol. The minimum Gasteiger partial charge on any atom is -0.305 e. The molecule has 15 heavy (non-hydrogen) atoms. The maximum absolute atomic E-state index is 3.59. The minimum absolute atomic E-state index is 0.505. The average molecular weight is 237 g/mol. The monoisotopic (exact) mass is 237 g/mol. The Morgan fingerprint density at radius 2 is 2.27 bits per heavy atom. The van der Waals surface area contributed by atoms with E-state index in [1.165, 1.54) is 10.4 Å². The molecule has 0 saturated heterocycles. The summed E-state index contributed by atoms with van der Waals surface area (Å²) >= 11 is 3.59. The van der Waals surface area contributed by atoms with Crippen LogP contribution < -0.4 is 5.32 Å². The van der Waals surface area contributed by atoms with Crippen LogP contribution in [0.1, 0.15) is 29.8 Å². The Balaban J connectivity index is 1.92. The van der Waals surface area contributed by atoms with E-state index in [0.717, 1.165) is 13.0 Å². The van der Waals surface area contributed by atoms with Crippen LogP contribution in [0.2, 0.25) is 0 Å². The van der Waals surface area contributed by atoms with E-state index in [1.807, 2.05) is 11.3 Å². The van der Waals surface area contributed by atoms with Gasteiger partial charge in [-0.15, -0.1) is 11.3 Å².